The van der Waals surface area contributed by atoms with Crippen molar-refractivity contribution in [3.8, 4) is 0 Å². The molecular weight excluding hydrogens is 296 g/mol. The van der Waals surface area contributed by atoms with Gasteiger partial charge in [-0.25, -0.2) is 4.79 Å². The first kappa shape index (κ1) is 17.1. The van der Waals surface area contributed by atoms with Crippen LogP contribution in [0.2, 0.25) is 0 Å². The Labute approximate surface area is 136 Å². The maximum absolute atomic E-state index is 12.2. The Bertz CT molecular complexity index is 593. The Kier molecular flexibility index (Phi) is 5.13. The van der Waals surface area contributed by atoms with E-state index in [2.05, 4.69) is 10.1 Å². The van der Waals surface area contributed by atoms with Crippen LogP contribution in [-0.4, -0.2) is 42.8 Å². The largest absolute Gasteiger partial charge is 0.468 e. The summed E-state index contributed by atoms with van der Waals surface area (Å²) in [7, 11) is 1.36. The van der Waals surface area contributed by atoms with Crippen molar-refractivity contribution in [2.24, 2.45) is 0 Å². The molecule has 1 aliphatic rings. The third-order valence-corrected chi connectivity index (χ3v) is 3.53. The van der Waals surface area contributed by atoms with E-state index in [1.54, 1.807) is 4.90 Å². The molecule has 0 aliphatic carbocycles. The highest BCUT2D eigenvalue weighted by molar-refractivity contribution is 5.75. The molecule has 126 valence electrons. The number of methoxy groups -OCH3 is 1. The molecule has 0 saturated heterocycles. The average molecular weight is 320 g/mol. The molecule has 0 spiro atoms. The van der Waals surface area contributed by atoms with Gasteiger partial charge in [0.25, 0.3) is 0 Å². The van der Waals surface area contributed by atoms with E-state index in [4.69, 9.17) is 4.74 Å². The highest BCUT2D eigenvalue weighted by Gasteiger charge is 2.25. The summed E-state index contributed by atoms with van der Waals surface area (Å²) in [5, 5.41) is 3.02. The Morgan fingerprint density at radius 3 is 2.65 bits per heavy atom. The lowest BCUT2D eigenvalue weighted by molar-refractivity contribution is -0.138. The Balaban J connectivity index is 2.04. The fraction of sp³-hybridized carbons (Fsp3) is 0.529. The van der Waals surface area contributed by atoms with Crippen LogP contribution in [0.1, 0.15) is 31.9 Å². The fourth-order valence-corrected chi connectivity index (χ4v) is 2.40. The normalized spacial score (nSPS) is 14.0. The van der Waals surface area contributed by atoms with Crippen LogP contribution in [0, 0.1) is 0 Å². The van der Waals surface area contributed by atoms with Crippen molar-refractivity contribution in [2.75, 3.05) is 25.5 Å². The van der Waals surface area contributed by atoms with Crippen molar-refractivity contribution in [1.29, 1.82) is 0 Å². The molecule has 0 unspecified atom stereocenters. The first-order valence-corrected chi connectivity index (χ1v) is 7.69. The zero-order chi connectivity index (χ0) is 17.0. The third-order valence-electron chi connectivity index (χ3n) is 3.53. The van der Waals surface area contributed by atoms with Gasteiger partial charge in [0.15, 0.2) is 0 Å². The summed E-state index contributed by atoms with van der Waals surface area (Å²) in [5.74, 6) is -0.321. The molecule has 1 heterocycles. The lowest BCUT2D eigenvalue weighted by Gasteiger charge is -2.31. The third kappa shape index (κ3) is 4.87. The predicted molar refractivity (Wildman–Crippen MR) is 87.3 cm³/mol. The molecule has 23 heavy (non-hydrogen) atoms. The second-order valence-electron chi connectivity index (χ2n) is 6.57. The monoisotopic (exact) mass is 320 g/mol. The van der Waals surface area contributed by atoms with E-state index in [9.17, 15) is 9.59 Å². The minimum absolute atomic E-state index is 0.116. The molecule has 0 radical (unpaired) electrons. The number of carbonyl (C=O) groups excluding carboxylic acids is 2. The summed E-state index contributed by atoms with van der Waals surface area (Å²) >= 11 is 0. The van der Waals surface area contributed by atoms with Crippen LogP contribution in [0.3, 0.4) is 0 Å². The highest BCUT2D eigenvalue weighted by atomic mass is 16.6. The van der Waals surface area contributed by atoms with Crippen LogP contribution in [0.15, 0.2) is 18.2 Å². The van der Waals surface area contributed by atoms with Gasteiger partial charge in [-0.05, 0) is 50.5 Å². The molecule has 0 aromatic heterocycles. The van der Waals surface area contributed by atoms with E-state index in [1.807, 2.05) is 39.0 Å². The zero-order valence-corrected chi connectivity index (χ0v) is 14.1. The highest BCUT2D eigenvalue weighted by Crippen LogP contribution is 2.24. The average Bonchev–Trinajstić information content (AvgIpc) is 2.50. The van der Waals surface area contributed by atoms with Gasteiger partial charge in [0.2, 0.25) is 0 Å². The smallest absolute Gasteiger partial charge is 0.410 e. The van der Waals surface area contributed by atoms with E-state index >= 15 is 0 Å². The summed E-state index contributed by atoms with van der Waals surface area (Å²) in [6, 6.07) is 5.93. The fourth-order valence-electron chi connectivity index (χ4n) is 2.40. The van der Waals surface area contributed by atoms with Crippen molar-refractivity contribution >= 4 is 17.7 Å². The number of benzene rings is 1. The van der Waals surface area contributed by atoms with Gasteiger partial charge in [0.05, 0.1) is 7.11 Å². The van der Waals surface area contributed by atoms with Gasteiger partial charge in [-0.1, -0.05) is 6.07 Å². The number of anilines is 1. The van der Waals surface area contributed by atoms with E-state index in [0.717, 1.165) is 17.7 Å². The Morgan fingerprint density at radius 1 is 1.26 bits per heavy atom. The van der Waals surface area contributed by atoms with Gasteiger partial charge < -0.3 is 19.7 Å². The summed E-state index contributed by atoms with van der Waals surface area (Å²) in [5.41, 5.74) is 2.62. The lowest BCUT2D eigenvalue weighted by atomic mass is 9.99. The van der Waals surface area contributed by atoms with Gasteiger partial charge in [0.1, 0.15) is 12.1 Å². The van der Waals surface area contributed by atoms with E-state index in [0.29, 0.717) is 13.1 Å². The molecule has 0 saturated carbocycles. The molecule has 1 amide bonds. The van der Waals surface area contributed by atoms with Crippen molar-refractivity contribution < 1.29 is 19.1 Å². The number of amides is 1. The number of rotatable bonds is 3. The molecule has 6 nitrogen and oxygen atoms in total. The summed E-state index contributed by atoms with van der Waals surface area (Å²) in [6.45, 7) is 6.85. The van der Waals surface area contributed by atoms with Gasteiger partial charge in [-0.3, -0.25) is 4.79 Å². The van der Waals surface area contributed by atoms with Crippen molar-refractivity contribution in [3.63, 3.8) is 0 Å². The number of nitrogens with one attached hydrogen (secondary N) is 1. The molecule has 6 heteroatoms. The van der Waals surface area contributed by atoms with E-state index in [-0.39, 0.29) is 18.6 Å². The summed E-state index contributed by atoms with van der Waals surface area (Å²) in [4.78, 5) is 25.1. The number of fused-ring (bicyclic) bond motifs is 1. The van der Waals surface area contributed by atoms with Crippen LogP contribution in [0.25, 0.3) is 0 Å². The number of ether oxygens (including phenoxy) is 2. The SMILES string of the molecule is COC(=O)CNc1ccc2c(c1)CN(C(=O)OC(C)(C)C)CC2. The second kappa shape index (κ2) is 6.89. The molecule has 2 rings (SSSR count). The first-order chi connectivity index (χ1) is 10.8. The van der Waals surface area contributed by atoms with E-state index < -0.39 is 5.60 Å². The van der Waals surface area contributed by atoms with Gasteiger partial charge in [-0.2, -0.15) is 0 Å². The molecule has 0 atom stereocenters. The topological polar surface area (TPSA) is 67.9 Å². The van der Waals surface area contributed by atoms with Crippen molar-refractivity contribution in [3.05, 3.63) is 29.3 Å². The van der Waals surface area contributed by atoms with Crippen LogP contribution in [0.5, 0.6) is 0 Å². The van der Waals surface area contributed by atoms with Crippen LogP contribution in [-0.2, 0) is 27.2 Å². The Hall–Kier alpha value is -2.24. The Morgan fingerprint density at radius 2 is 2.00 bits per heavy atom. The standard InChI is InChI=1S/C17H24N2O4/c1-17(2,3)23-16(21)19-8-7-12-5-6-14(9-13(12)11-19)18-10-15(20)22-4/h5-6,9,18H,7-8,10-11H2,1-4H3. The predicted octanol–water partition coefficient (Wildman–Crippen LogP) is 2.56. The number of hydrogen-bond acceptors (Lipinski definition) is 5. The van der Waals surface area contributed by atoms with Gasteiger partial charge in [-0.15, -0.1) is 0 Å². The quantitative estimate of drug-likeness (QED) is 0.867. The number of esters is 1. The molecule has 0 fully saturated rings. The number of hydrogen-bond donors (Lipinski definition) is 1. The first-order valence-electron chi connectivity index (χ1n) is 7.69. The van der Waals surface area contributed by atoms with Crippen LogP contribution in [0.4, 0.5) is 10.5 Å². The second-order valence-corrected chi connectivity index (χ2v) is 6.57. The number of nitrogens with zero attached hydrogens (tertiary/aromatic N) is 1. The zero-order valence-electron chi connectivity index (χ0n) is 14.1. The molecule has 1 aromatic carbocycles. The maximum atomic E-state index is 12.2. The van der Waals surface area contributed by atoms with E-state index in [1.165, 1.54) is 12.7 Å². The number of carbonyl (C=O) groups is 2. The summed E-state index contributed by atoms with van der Waals surface area (Å²) < 4.78 is 10.0. The molecule has 1 N–H and O–H groups in total. The van der Waals surface area contributed by atoms with Crippen molar-refractivity contribution in [2.45, 2.75) is 39.3 Å². The van der Waals surface area contributed by atoms with Crippen molar-refractivity contribution in [1.82, 2.24) is 4.90 Å². The van der Waals surface area contributed by atoms with Crippen LogP contribution < -0.4 is 5.32 Å². The molecule has 1 aromatic rings. The van der Waals surface area contributed by atoms with Gasteiger partial charge >= 0.3 is 12.1 Å². The molecular formula is C17H24N2O4. The molecule has 1 aliphatic heterocycles. The lowest BCUT2D eigenvalue weighted by Crippen LogP contribution is -2.39. The van der Waals surface area contributed by atoms with Gasteiger partial charge in [0, 0.05) is 18.8 Å². The van der Waals surface area contributed by atoms with Crippen LogP contribution >= 0.6 is 0 Å². The maximum Gasteiger partial charge on any atom is 0.410 e. The minimum atomic E-state index is -0.499. The summed E-state index contributed by atoms with van der Waals surface area (Å²) in [6.07, 6.45) is 0.502. The molecule has 0 bridgehead atoms. The minimum Gasteiger partial charge on any atom is -0.468 e.